The fraction of sp³-hybridized carbons (Fsp3) is 0.417. The van der Waals surface area contributed by atoms with E-state index in [0.29, 0.717) is 17.4 Å². The van der Waals surface area contributed by atoms with Crippen molar-refractivity contribution in [2.24, 2.45) is 10.9 Å². The molecule has 1 unspecified atom stereocenters. The molecule has 1 aromatic carbocycles. The summed E-state index contributed by atoms with van der Waals surface area (Å²) in [5.74, 6) is -0.663. The van der Waals surface area contributed by atoms with Crippen molar-refractivity contribution in [2.75, 3.05) is 12.8 Å². The summed E-state index contributed by atoms with van der Waals surface area (Å²) in [5, 5.41) is 15.0. The normalized spacial score (nSPS) is 13.6. The summed E-state index contributed by atoms with van der Waals surface area (Å²) < 4.78 is 14.0. The first kappa shape index (κ1) is 14.8. The molecule has 18 heavy (non-hydrogen) atoms. The van der Waals surface area contributed by atoms with Crippen molar-refractivity contribution in [3.63, 3.8) is 0 Å². The third kappa shape index (κ3) is 3.89. The molecule has 0 radical (unpaired) electrons. The van der Waals surface area contributed by atoms with Gasteiger partial charge < -0.3 is 16.3 Å². The molecule has 4 N–H and O–H groups in total. The fourth-order valence-corrected chi connectivity index (χ4v) is 1.75. The molecule has 1 atom stereocenters. The van der Waals surface area contributed by atoms with E-state index in [-0.39, 0.29) is 11.4 Å². The Kier molecular flexibility index (Phi) is 5.94. The smallest absolute Gasteiger partial charge is 0.173 e. The Bertz CT molecular complexity index is 426. The Hall–Kier alpha value is -1.27. The Morgan fingerprint density at radius 2 is 2.33 bits per heavy atom. The lowest BCUT2D eigenvalue weighted by atomic mass is 10.1. The second-order valence-electron chi connectivity index (χ2n) is 3.94. The van der Waals surface area contributed by atoms with Crippen LogP contribution in [0, 0.1) is 5.82 Å². The molecule has 1 rings (SSSR count). The van der Waals surface area contributed by atoms with Crippen LogP contribution in [0.5, 0.6) is 0 Å². The standard InChI is InChI=1S/C12H18FN3OS/c1-8(18-2)6-15-7-9-4-3-5-10(11(9)13)12(14)16-17/h3-5,8,15,17H,6-7H2,1-2H3,(H2,14,16). The number of nitrogens with two attached hydrogens (primary N) is 1. The first-order valence-electron chi connectivity index (χ1n) is 5.59. The molecule has 0 saturated carbocycles. The first-order valence-corrected chi connectivity index (χ1v) is 6.87. The van der Waals surface area contributed by atoms with Gasteiger partial charge in [0.05, 0.1) is 5.56 Å². The Morgan fingerprint density at radius 1 is 1.61 bits per heavy atom. The van der Waals surface area contributed by atoms with Gasteiger partial charge in [-0.1, -0.05) is 24.2 Å². The zero-order valence-corrected chi connectivity index (χ0v) is 11.3. The zero-order valence-electron chi connectivity index (χ0n) is 10.5. The highest BCUT2D eigenvalue weighted by Gasteiger charge is 2.11. The largest absolute Gasteiger partial charge is 0.409 e. The average Bonchev–Trinajstić information content (AvgIpc) is 2.39. The number of benzene rings is 1. The highest BCUT2D eigenvalue weighted by molar-refractivity contribution is 7.99. The van der Waals surface area contributed by atoms with Crippen molar-refractivity contribution in [3.8, 4) is 0 Å². The van der Waals surface area contributed by atoms with Crippen LogP contribution in [0.1, 0.15) is 18.1 Å². The maximum Gasteiger partial charge on any atom is 0.173 e. The Labute approximate surface area is 110 Å². The Balaban J connectivity index is 2.72. The van der Waals surface area contributed by atoms with E-state index in [1.165, 1.54) is 6.07 Å². The Morgan fingerprint density at radius 3 is 2.94 bits per heavy atom. The summed E-state index contributed by atoms with van der Waals surface area (Å²) in [6.45, 7) is 3.32. The van der Waals surface area contributed by atoms with Gasteiger partial charge in [-0.25, -0.2) is 4.39 Å². The quantitative estimate of drug-likeness (QED) is 0.319. The summed E-state index contributed by atoms with van der Waals surface area (Å²) in [7, 11) is 0. The number of nitrogens with one attached hydrogen (secondary N) is 1. The highest BCUT2D eigenvalue weighted by Crippen LogP contribution is 2.13. The number of amidine groups is 1. The van der Waals surface area contributed by atoms with Crippen molar-refractivity contribution in [2.45, 2.75) is 18.7 Å². The summed E-state index contributed by atoms with van der Waals surface area (Å²) >= 11 is 1.75. The van der Waals surface area contributed by atoms with Crippen LogP contribution in [0.3, 0.4) is 0 Å². The number of hydrogen-bond donors (Lipinski definition) is 3. The molecule has 0 spiro atoms. The SMILES string of the molecule is CSC(C)CNCc1cccc(/C(N)=N/O)c1F. The predicted octanol–water partition coefficient (Wildman–Crippen LogP) is 1.76. The van der Waals surface area contributed by atoms with Crippen LogP contribution in [0.25, 0.3) is 0 Å². The molecule has 0 aliphatic rings. The van der Waals surface area contributed by atoms with Crippen LogP contribution in [-0.4, -0.2) is 29.1 Å². The summed E-state index contributed by atoms with van der Waals surface area (Å²) in [6, 6.07) is 4.85. The van der Waals surface area contributed by atoms with Gasteiger partial charge in [0, 0.05) is 23.9 Å². The van der Waals surface area contributed by atoms with Crippen LogP contribution < -0.4 is 11.1 Å². The lowest BCUT2D eigenvalue weighted by Crippen LogP contribution is -2.23. The maximum atomic E-state index is 14.0. The molecule has 100 valence electrons. The van der Waals surface area contributed by atoms with E-state index < -0.39 is 5.82 Å². The minimum Gasteiger partial charge on any atom is -0.409 e. The van der Waals surface area contributed by atoms with Crippen LogP contribution in [0.4, 0.5) is 4.39 Å². The van der Waals surface area contributed by atoms with Crippen molar-refractivity contribution in [1.29, 1.82) is 0 Å². The molecule has 0 aliphatic heterocycles. The van der Waals surface area contributed by atoms with E-state index in [4.69, 9.17) is 10.9 Å². The van der Waals surface area contributed by atoms with Crippen LogP contribution in [0.15, 0.2) is 23.4 Å². The molecule has 6 heteroatoms. The average molecular weight is 271 g/mol. The molecule has 0 aromatic heterocycles. The van der Waals surface area contributed by atoms with E-state index in [1.807, 2.05) is 6.26 Å². The number of oxime groups is 1. The van der Waals surface area contributed by atoms with Crippen molar-refractivity contribution in [3.05, 3.63) is 35.1 Å². The molecule has 1 aromatic rings. The maximum absolute atomic E-state index is 14.0. The number of hydrogen-bond acceptors (Lipinski definition) is 4. The summed E-state index contributed by atoms with van der Waals surface area (Å²) in [6.07, 6.45) is 2.03. The minimum absolute atomic E-state index is 0.120. The molecule has 0 aliphatic carbocycles. The molecule has 4 nitrogen and oxygen atoms in total. The fourth-order valence-electron chi connectivity index (χ4n) is 1.46. The van der Waals surface area contributed by atoms with Gasteiger partial charge >= 0.3 is 0 Å². The lowest BCUT2D eigenvalue weighted by molar-refractivity contribution is 0.318. The van der Waals surface area contributed by atoms with Crippen LogP contribution >= 0.6 is 11.8 Å². The van der Waals surface area contributed by atoms with Gasteiger partial charge in [-0.2, -0.15) is 11.8 Å². The number of thioether (sulfide) groups is 1. The number of rotatable bonds is 6. The first-order chi connectivity index (χ1) is 8.60. The van der Waals surface area contributed by atoms with E-state index in [0.717, 1.165) is 6.54 Å². The molecule has 0 fully saturated rings. The van der Waals surface area contributed by atoms with Gasteiger partial charge in [-0.05, 0) is 12.3 Å². The monoisotopic (exact) mass is 271 g/mol. The van der Waals surface area contributed by atoms with E-state index in [9.17, 15) is 4.39 Å². The van der Waals surface area contributed by atoms with Gasteiger partial charge in [0.1, 0.15) is 5.82 Å². The molecular formula is C12H18FN3OS. The second-order valence-corrected chi connectivity index (χ2v) is 5.22. The molecule has 0 amide bonds. The minimum atomic E-state index is -0.447. The van der Waals surface area contributed by atoms with Gasteiger partial charge in [0.2, 0.25) is 0 Å². The van der Waals surface area contributed by atoms with E-state index in [1.54, 1.807) is 23.9 Å². The molecule has 0 heterocycles. The van der Waals surface area contributed by atoms with Gasteiger partial charge in [-0.3, -0.25) is 0 Å². The second kappa shape index (κ2) is 7.23. The van der Waals surface area contributed by atoms with Crippen molar-refractivity contribution in [1.82, 2.24) is 5.32 Å². The third-order valence-electron chi connectivity index (χ3n) is 2.61. The van der Waals surface area contributed by atoms with Crippen LogP contribution in [-0.2, 0) is 6.54 Å². The van der Waals surface area contributed by atoms with Gasteiger partial charge in [0.25, 0.3) is 0 Å². The summed E-state index contributed by atoms with van der Waals surface area (Å²) in [4.78, 5) is 0. The number of halogens is 1. The zero-order chi connectivity index (χ0) is 13.5. The third-order valence-corrected chi connectivity index (χ3v) is 3.58. The molecular weight excluding hydrogens is 253 g/mol. The highest BCUT2D eigenvalue weighted by atomic mass is 32.2. The number of nitrogens with zero attached hydrogens (tertiary/aromatic N) is 1. The van der Waals surface area contributed by atoms with Crippen molar-refractivity contribution < 1.29 is 9.60 Å². The topological polar surface area (TPSA) is 70.6 Å². The lowest BCUT2D eigenvalue weighted by Gasteiger charge is -2.11. The molecule has 0 saturated heterocycles. The van der Waals surface area contributed by atoms with E-state index >= 15 is 0 Å². The van der Waals surface area contributed by atoms with Gasteiger partial charge in [0.15, 0.2) is 5.84 Å². The predicted molar refractivity (Wildman–Crippen MR) is 73.6 cm³/mol. The van der Waals surface area contributed by atoms with Crippen LogP contribution in [0.2, 0.25) is 0 Å². The molecule has 0 bridgehead atoms. The van der Waals surface area contributed by atoms with Crippen molar-refractivity contribution >= 4 is 17.6 Å². The van der Waals surface area contributed by atoms with Gasteiger partial charge in [-0.15, -0.1) is 0 Å². The summed E-state index contributed by atoms with van der Waals surface area (Å²) in [5.41, 5.74) is 6.03. The van der Waals surface area contributed by atoms with E-state index in [2.05, 4.69) is 17.4 Å².